The topological polar surface area (TPSA) is 87.5 Å². The van der Waals surface area contributed by atoms with Gasteiger partial charge in [-0.2, -0.15) is 0 Å². The van der Waals surface area contributed by atoms with Crippen LogP contribution in [0.5, 0.6) is 0 Å². The maximum Gasteiger partial charge on any atom is 0.243 e. The van der Waals surface area contributed by atoms with Gasteiger partial charge in [0.15, 0.2) is 0 Å². The molecule has 2 rings (SSSR count). The fraction of sp³-hybridized carbons (Fsp3) is 0.421. The van der Waals surface area contributed by atoms with E-state index in [1.807, 2.05) is 52.9 Å². The first-order valence-corrected chi connectivity index (χ1v) is 8.49. The smallest absolute Gasteiger partial charge is 0.243 e. The number of rotatable bonds is 7. The molecular weight excluding hydrogens is 332 g/mol. The average Bonchev–Trinajstić information content (AvgIpc) is 2.93. The number of anilines is 1. The van der Waals surface area contributed by atoms with Gasteiger partial charge in [0, 0.05) is 18.3 Å². The lowest BCUT2D eigenvalue weighted by molar-refractivity contribution is -0.124. The monoisotopic (exact) mass is 358 g/mol. The molecule has 140 valence electrons. The van der Waals surface area contributed by atoms with Gasteiger partial charge >= 0.3 is 0 Å². The lowest BCUT2D eigenvalue weighted by atomic mass is 10.1. The van der Waals surface area contributed by atoms with Crippen LogP contribution in [0, 0.1) is 27.7 Å². The minimum Gasteiger partial charge on any atom is -0.361 e. The van der Waals surface area contributed by atoms with E-state index in [2.05, 4.69) is 15.8 Å². The third kappa shape index (κ3) is 5.70. The van der Waals surface area contributed by atoms with Crippen molar-refractivity contribution in [3.63, 3.8) is 0 Å². The maximum atomic E-state index is 12.1. The highest BCUT2D eigenvalue weighted by Gasteiger charge is 2.12. The normalized spacial score (nSPS) is 10.8. The van der Waals surface area contributed by atoms with Gasteiger partial charge in [0.05, 0.1) is 18.8 Å². The van der Waals surface area contributed by atoms with Crippen LogP contribution >= 0.6 is 0 Å². The second-order valence-corrected chi connectivity index (χ2v) is 6.70. The molecular formula is C19H26N4O3. The van der Waals surface area contributed by atoms with E-state index in [4.69, 9.17) is 4.52 Å². The van der Waals surface area contributed by atoms with Crippen molar-refractivity contribution in [2.24, 2.45) is 0 Å². The van der Waals surface area contributed by atoms with Crippen molar-refractivity contribution in [2.75, 3.05) is 25.5 Å². The molecule has 0 spiro atoms. The molecule has 2 N–H and O–H groups in total. The highest BCUT2D eigenvalue weighted by atomic mass is 16.5. The lowest BCUT2D eigenvalue weighted by Gasteiger charge is -2.15. The summed E-state index contributed by atoms with van der Waals surface area (Å²) in [7, 11) is 1.81. The summed E-state index contributed by atoms with van der Waals surface area (Å²) in [4.78, 5) is 25.9. The van der Waals surface area contributed by atoms with E-state index in [9.17, 15) is 9.59 Å². The Kier molecular flexibility index (Phi) is 6.52. The Hall–Kier alpha value is -2.67. The number of aryl methyl sites for hydroxylation is 4. The zero-order valence-electron chi connectivity index (χ0n) is 16.0. The number of likely N-dealkylation sites (N-methyl/N-ethyl adjacent to an activating group) is 1. The Morgan fingerprint density at radius 3 is 2.31 bits per heavy atom. The molecule has 0 aliphatic rings. The number of nitrogens with zero attached hydrogens (tertiary/aromatic N) is 2. The first-order valence-electron chi connectivity index (χ1n) is 8.49. The molecule has 2 aromatic rings. The van der Waals surface area contributed by atoms with E-state index < -0.39 is 0 Å². The van der Waals surface area contributed by atoms with Crippen LogP contribution in [0.4, 0.5) is 5.69 Å². The van der Waals surface area contributed by atoms with E-state index in [-0.39, 0.29) is 24.9 Å². The number of nitrogens with one attached hydrogen (secondary N) is 2. The second-order valence-electron chi connectivity index (χ2n) is 6.70. The van der Waals surface area contributed by atoms with Crippen LogP contribution in [0.3, 0.4) is 0 Å². The summed E-state index contributed by atoms with van der Waals surface area (Å²) in [5.41, 5.74) is 4.72. The highest BCUT2D eigenvalue weighted by molar-refractivity contribution is 5.96. The van der Waals surface area contributed by atoms with Gasteiger partial charge in [-0.05, 0) is 45.9 Å². The van der Waals surface area contributed by atoms with Gasteiger partial charge < -0.3 is 15.2 Å². The van der Waals surface area contributed by atoms with Crippen molar-refractivity contribution in [1.29, 1.82) is 0 Å². The van der Waals surface area contributed by atoms with E-state index in [1.54, 1.807) is 4.90 Å². The fourth-order valence-corrected chi connectivity index (χ4v) is 2.87. The van der Waals surface area contributed by atoms with Gasteiger partial charge in [-0.25, -0.2) is 0 Å². The number of carbonyl (C=O) groups excluding carboxylic acids is 2. The standard InChI is InChI=1S/C19H26N4O3/c1-12-6-13(2)19(14(3)7-12)21-17(24)9-20-18(25)11-23(5)10-16-8-15(4)26-22-16/h6-8H,9-11H2,1-5H3,(H,20,25)(H,21,24). The number of hydrogen-bond donors (Lipinski definition) is 2. The molecule has 1 aromatic heterocycles. The first kappa shape index (κ1) is 19.7. The summed E-state index contributed by atoms with van der Waals surface area (Å²) < 4.78 is 5.00. The van der Waals surface area contributed by atoms with Crippen LogP contribution in [-0.2, 0) is 16.1 Å². The molecule has 26 heavy (non-hydrogen) atoms. The Morgan fingerprint density at radius 2 is 1.73 bits per heavy atom. The minimum absolute atomic E-state index is 0.0670. The first-order chi connectivity index (χ1) is 12.2. The van der Waals surface area contributed by atoms with Gasteiger partial charge in [0.1, 0.15) is 5.76 Å². The maximum absolute atomic E-state index is 12.1. The molecule has 7 nitrogen and oxygen atoms in total. The fourth-order valence-electron chi connectivity index (χ4n) is 2.87. The molecule has 0 aliphatic carbocycles. The van der Waals surface area contributed by atoms with Crippen LogP contribution in [0.2, 0.25) is 0 Å². The van der Waals surface area contributed by atoms with Crippen molar-refractivity contribution >= 4 is 17.5 Å². The van der Waals surface area contributed by atoms with E-state index >= 15 is 0 Å². The largest absolute Gasteiger partial charge is 0.361 e. The van der Waals surface area contributed by atoms with Gasteiger partial charge in [-0.1, -0.05) is 22.9 Å². The van der Waals surface area contributed by atoms with Crippen LogP contribution in [0.1, 0.15) is 28.1 Å². The summed E-state index contributed by atoms with van der Waals surface area (Å²) in [5.74, 6) is 0.264. The zero-order valence-corrected chi connectivity index (χ0v) is 16.0. The molecule has 0 radical (unpaired) electrons. The predicted molar refractivity (Wildman–Crippen MR) is 99.9 cm³/mol. The molecule has 0 bridgehead atoms. The molecule has 1 aromatic carbocycles. The van der Waals surface area contributed by atoms with E-state index in [0.717, 1.165) is 33.8 Å². The van der Waals surface area contributed by atoms with Crippen molar-refractivity contribution < 1.29 is 14.1 Å². The molecule has 7 heteroatoms. The quantitative estimate of drug-likeness (QED) is 0.791. The SMILES string of the molecule is Cc1cc(C)c(NC(=O)CNC(=O)CN(C)Cc2cc(C)on2)c(C)c1. The van der Waals surface area contributed by atoms with Gasteiger partial charge in [-0.3, -0.25) is 14.5 Å². The summed E-state index contributed by atoms with van der Waals surface area (Å²) in [6, 6.07) is 5.86. The third-order valence-corrected chi connectivity index (χ3v) is 3.91. The summed E-state index contributed by atoms with van der Waals surface area (Å²) in [6.45, 7) is 8.34. The van der Waals surface area contributed by atoms with Gasteiger partial charge in [-0.15, -0.1) is 0 Å². The number of aromatic nitrogens is 1. The Morgan fingerprint density at radius 1 is 1.08 bits per heavy atom. The Bertz CT molecular complexity index is 775. The van der Waals surface area contributed by atoms with Crippen molar-refractivity contribution in [3.05, 3.63) is 46.3 Å². The minimum atomic E-state index is -0.247. The number of hydrogen-bond acceptors (Lipinski definition) is 5. The number of benzene rings is 1. The molecule has 0 saturated carbocycles. The summed E-state index contributed by atoms with van der Waals surface area (Å²) in [5, 5.41) is 9.40. The van der Waals surface area contributed by atoms with E-state index in [0.29, 0.717) is 6.54 Å². The second kappa shape index (κ2) is 8.62. The van der Waals surface area contributed by atoms with Crippen molar-refractivity contribution in [2.45, 2.75) is 34.2 Å². The van der Waals surface area contributed by atoms with Crippen LogP contribution in [0.25, 0.3) is 0 Å². The predicted octanol–water partition coefficient (Wildman–Crippen LogP) is 2.09. The Balaban J connectivity index is 1.79. The zero-order chi connectivity index (χ0) is 19.3. The average molecular weight is 358 g/mol. The van der Waals surface area contributed by atoms with Crippen molar-refractivity contribution in [1.82, 2.24) is 15.4 Å². The molecule has 2 amide bonds. The molecule has 0 saturated heterocycles. The van der Waals surface area contributed by atoms with E-state index in [1.165, 1.54) is 0 Å². The lowest BCUT2D eigenvalue weighted by Crippen LogP contribution is -2.39. The van der Waals surface area contributed by atoms with Crippen LogP contribution in [0.15, 0.2) is 22.7 Å². The van der Waals surface area contributed by atoms with Crippen LogP contribution < -0.4 is 10.6 Å². The van der Waals surface area contributed by atoms with Gasteiger partial charge in [0.25, 0.3) is 0 Å². The van der Waals surface area contributed by atoms with Gasteiger partial charge in [0.2, 0.25) is 11.8 Å². The van der Waals surface area contributed by atoms with Crippen molar-refractivity contribution in [3.8, 4) is 0 Å². The molecule has 0 aliphatic heterocycles. The summed E-state index contributed by atoms with van der Waals surface area (Å²) in [6.07, 6.45) is 0. The number of amides is 2. The highest BCUT2D eigenvalue weighted by Crippen LogP contribution is 2.21. The third-order valence-electron chi connectivity index (χ3n) is 3.91. The number of carbonyl (C=O) groups is 2. The summed E-state index contributed by atoms with van der Waals surface area (Å²) >= 11 is 0. The molecule has 1 heterocycles. The Labute approximate surface area is 153 Å². The molecule has 0 fully saturated rings. The molecule has 0 unspecified atom stereocenters. The molecule has 0 atom stereocenters. The van der Waals surface area contributed by atoms with Crippen LogP contribution in [-0.4, -0.2) is 42.0 Å².